The van der Waals surface area contributed by atoms with Crippen molar-refractivity contribution in [3.05, 3.63) is 11.1 Å². The smallest absolute Gasteiger partial charge is 0.360 e. The quantitative estimate of drug-likeness (QED) is 0.700. The van der Waals surface area contributed by atoms with Crippen LogP contribution in [0.15, 0.2) is 5.38 Å². The number of hydrogen-bond acceptors (Lipinski definition) is 5. The van der Waals surface area contributed by atoms with Gasteiger partial charge in [0.1, 0.15) is 5.60 Å². The van der Waals surface area contributed by atoms with E-state index in [1.807, 2.05) is 0 Å². The first kappa shape index (κ1) is 9.98. The summed E-state index contributed by atoms with van der Waals surface area (Å²) in [4.78, 5) is 11.4. The van der Waals surface area contributed by atoms with Crippen molar-refractivity contribution in [1.29, 1.82) is 0 Å². The number of aromatic nitrogens is 1. The molecule has 1 aromatic rings. The Hall–Kier alpha value is -1.10. The molecule has 0 aromatic carbocycles. The van der Waals surface area contributed by atoms with E-state index in [-0.39, 0.29) is 5.69 Å². The van der Waals surface area contributed by atoms with E-state index < -0.39 is 11.6 Å². The van der Waals surface area contributed by atoms with E-state index in [2.05, 4.69) is 4.37 Å². The fourth-order valence-corrected chi connectivity index (χ4v) is 1.29. The van der Waals surface area contributed by atoms with Gasteiger partial charge in [-0.15, -0.1) is 0 Å². The molecule has 4 nitrogen and oxygen atoms in total. The third-order valence-corrected chi connectivity index (χ3v) is 1.84. The molecule has 0 saturated heterocycles. The Morgan fingerprint density at radius 3 is 2.62 bits per heavy atom. The van der Waals surface area contributed by atoms with Crippen molar-refractivity contribution < 1.29 is 9.53 Å². The van der Waals surface area contributed by atoms with Gasteiger partial charge in [0.05, 0.1) is 5.69 Å². The van der Waals surface area contributed by atoms with E-state index in [0.717, 1.165) is 11.5 Å². The van der Waals surface area contributed by atoms with Crippen LogP contribution in [0.5, 0.6) is 0 Å². The van der Waals surface area contributed by atoms with Gasteiger partial charge in [0.25, 0.3) is 0 Å². The molecule has 5 heteroatoms. The minimum absolute atomic E-state index is 0.208. The highest BCUT2D eigenvalue weighted by molar-refractivity contribution is 7.04. The lowest BCUT2D eigenvalue weighted by atomic mass is 10.2. The van der Waals surface area contributed by atoms with Gasteiger partial charge in [-0.2, -0.15) is 4.37 Å². The summed E-state index contributed by atoms with van der Waals surface area (Å²) in [5.74, 6) is -0.466. The van der Waals surface area contributed by atoms with Crippen LogP contribution in [0.3, 0.4) is 0 Å². The molecule has 0 bridgehead atoms. The highest BCUT2D eigenvalue weighted by atomic mass is 32.1. The molecule has 1 aromatic heterocycles. The van der Waals surface area contributed by atoms with Crippen LogP contribution >= 0.6 is 11.5 Å². The van der Waals surface area contributed by atoms with Gasteiger partial charge in [0, 0.05) is 5.38 Å². The third kappa shape index (κ3) is 2.69. The summed E-state index contributed by atoms with van der Waals surface area (Å²) in [6, 6.07) is 0. The van der Waals surface area contributed by atoms with Crippen LogP contribution in [0.25, 0.3) is 0 Å². The third-order valence-electron chi connectivity index (χ3n) is 1.19. The zero-order chi connectivity index (χ0) is 10.1. The summed E-state index contributed by atoms with van der Waals surface area (Å²) in [6.07, 6.45) is 0. The minimum Gasteiger partial charge on any atom is -0.455 e. The number of carbonyl (C=O) groups is 1. The van der Waals surface area contributed by atoms with Gasteiger partial charge in [-0.25, -0.2) is 4.79 Å². The standard InChI is InChI=1S/C8H12N2O2S/c1-8(2,3)12-7(11)6-5(9)4-13-10-6/h4H,9H2,1-3H3. The second-order valence-corrected chi connectivity index (χ2v) is 4.25. The minimum atomic E-state index is -0.507. The van der Waals surface area contributed by atoms with Crippen LogP contribution in [0.1, 0.15) is 31.3 Å². The molecule has 0 aliphatic heterocycles. The van der Waals surface area contributed by atoms with Gasteiger partial charge in [-0.3, -0.25) is 0 Å². The van der Waals surface area contributed by atoms with Crippen molar-refractivity contribution in [3.8, 4) is 0 Å². The molecule has 0 spiro atoms. The summed E-state index contributed by atoms with van der Waals surface area (Å²) >= 11 is 1.14. The van der Waals surface area contributed by atoms with E-state index >= 15 is 0 Å². The molecule has 0 unspecified atom stereocenters. The van der Waals surface area contributed by atoms with Crippen LogP contribution in [0, 0.1) is 0 Å². The van der Waals surface area contributed by atoms with Crippen LogP contribution in [0.4, 0.5) is 5.69 Å². The van der Waals surface area contributed by atoms with Gasteiger partial charge >= 0.3 is 5.97 Å². The topological polar surface area (TPSA) is 65.2 Å². The van der Waals surface area contributed by atoms with Gasteiger partial charge in [0.2, 0.25) is 0 Å². The number of ether oxygens (including phenoxy) is 1. The molecular formula is C8H12N2O2S. The number of rotatable bonds is 1. The molecule has 0 saturated carbocycles. The molecule has 1 rings (SSSR count). The first-order valence-electron chi connectivity index (χ1n) is 3.83. The molecule has 1 heterocycles. The maximum Gasteiger partial charge on any atom is 0.360 e. The van der Waals surface area contributed by atoms with E-state index in [1.54, 1.807) is 26.2 Å². The van der Waals surface area contributed by atoms with Crippen LogP contribution in [-0.2, 0) is 4.74 Å². The molecule has 0 fully saturated rings. The highest BCUT2D eigenvalue weighted by Crippen LogP contribution is 2.17. The van der Waals surface area contributed by atoms with Gasteiger partial charge in [-0.1, -0.05) is 0 Å². The fraction of sp³-hybridized carbons (Fsp3) is 0.500. The Labute approximate surface area is 80.9 Å². The molecule has 2 N–H and O–H groups in total. The van der Waals surface area contributed by atoms with Crippen molar-refractivity contribution in [1.82, 2.24) is 4.37 Å². The number of nitrogens with zero attached hydrogens (tertiary/aromatic N) is 1. The van der Waals surface area contributed by atoms with E-state index in [4.69, 9.17) is 10.5 Å². The zero-order valence-electron chi connectivity index (χ0n) is 7.83. The summed E-state index contributed by atoms with van der Waals surface area (Å²) in [7, 11) is 0. The second kappa shape index (κ2) is 3.33. The maximum absolute atomic E-state index is 11.4. The number of carbonyl (C=O) groups excluding carboxylic acids is 1. The van der Waals surface area contributed by atoms with Crippen molar-refractivity contribution in [3.63, 3.8) is 0 Å². The molecule has 0 radical (unpaired) electrons. The van der Waals surface area contributed by atoms with E-state index in [1.165, 1.54) is 0 Å². The Morgan fingerprint density at radius 2 is 2.23 bits per heavy atom. The van der Waals surface area contributed by atoms with E-state index in [9.17, 15) is 4.79 Å². The van der Waals surface area contributed by atoms with Crippen LogP contribution in [-0.4, -0.2) is 15.9 Å². The Balaban J connectivity index is 2.76. The predicted octanol–water partition coefficient (Wildman–Crippen LogP) is 1.68. The Bertz CT molecular complexity index is 314. The molecule has 0 aliphatic rings. The number of esters is 1. The molecule has 13 heavy (non-hydrogen) atoms. The van der Waals surface area contributed by atoms with Gasteiger partial charge < -0.3 is 10.5 Å². The maximum atomic E-state index is 11.4. The zero-order valence-corrected chi connectivity index (χ0v) is 8.64. The summed E-state index contributed by atoms with van der Waals surface area (Å²) in [6.45, 7) is 5.40. The monoisotopic (exact) mass is 200 g/mol. The lowest BCUT2D eigenvalue weighted by Gasteiger charge is -2.18. The SMILES string of the molecule is CC(C)(C)OC(=O)c1nscc1N. The lowest BCUT2D eigenvalue weighted by Crippen LogP contribution is -2.24. The lowest BCUT2D eigenvalue weighted by molar-refractivity contribution is 0.00656. The molecule has 0 aliphatic carbocycles. The number of anilines is 1. The predicted molar refractivity (Wildman–Crippen MR) is 51.7 cm³/mol. The van der Waals surface area contributed by atoms with Crippen molar-refractivity contribution >= 4 is 23.2 Å². The molecular weight excluding hydrogens is 188 g/mol. The summed E-state index contributed by atoms with van der Waals surface area (Å²) in [5, 5.41) is 1.61. The number of nitrogen functional groups attached to an aromatic ring is 1. The Morgan fingerprint density at radius 1 is 1.62 bits per heavy atom. The second-order valence-electron chi connectivity index (χ2n) is 3.62. The average molecular weight is 200 g/mol. The first-order valence-corrected chi connectivity index (χ1v) is 4.67. The van der Waals surface area contributed by atoms with E-state index in [0.29, 0.717) is 5.69 Å². The van der Waals surface area contributed by atoms with Crippen LogP contribution < -0.4 is 5.73 Å². The first-order chi connectivity index (χ1) is 5.90. The summed E-state index contributed by atoms with van der Waals surface area (Å²) in [5.41, 5.74) is 5.58. The van der Waals surface area contributed by atoms with Gasteiger partial charge in [0.15, 0.2) is 5.69 Å². The number of nitrogens with two attached hydrogens (primary N) is 1. The Kier molecular flexibility index (Phi) is 2.56. The normalized spacial score (nSPS) is 11.3. The highest BCUT2D eigenvalue weighted by Gasteiger charge is 2.21. The molecule has 0 atom stereocenters. The molecule has 72 valence electrons. The van der Waals surface area contributed by atoms with Gasteiger partial charge in [-0.05, 0) is 32.3 Å². The van der Waals surface area contributed by atoms with Crippen molar-refractivity contribution in [2.45, 2.75) is 26.4 Å². The average Bonchev–Trinajstić information content (AvgIpc) is 2.30. The summed E-state index contributed by atoms with van der Waals surface area (Å²) < 4.78 is 8.93. The van der Waals surface area contributed by atoms with Crippen molar-refractivity contribution in [2.75, 3.05) is 5.73 Å². The van der Waals surface area contributed by atoms with Crippen LogP contribution in [0.2, 0.25) is 0 Å². The molecule has 0 amide bonds. The fourth-order valence-electron chi connectivity index (χ4n) is 0.726. The largest absolute Gasteiger partial charge is 0.455 e. The number of hydrogen-bond donors (Lipinski definition) is 1. The van der Waals surface area contributed by atoms with Crippen molar-refractivity contribution in [2.24, 2.45) is 0 Å².